The van der Waals surface area contributed by atoms with Gasteiger partial charge in [0.05, 0.1) is 12.7 Å². The first-order valence-electron chi connectivity index (χ1n) is 5.55. The van der Waals surface area contributed by atoms with Crippen LogP contribution in [-0.4, -0.2) is 21.1 Å². The Labute approximate surface area is 93.3 Å². The summed E-state index contributed by atoms with van der Waals surface area (Å²) in [6.07, 6.45) is 4.90. The van der Waals surface area contributed by atoms with Gasteiger partial charge in [-0.25, -0.2) is 8.37 Å². The molecule has 0 N–H and O–H groups in total. The van der Waals surface area contributed by atoms with Crippen LogP contribution in [0.25, 0.3) is 0 Å². The van der Waals surface area contributed by atoms with Gasteiger partial charge in [-0.3, -0.25) is 0 Å². The van der Waals surface area contributed by atoms with Crippen molar-refractivity contribution in [2.45, 2.75) is 59.0 Å². The molecular weight excluding hydrogens is 216 g/mol. The minimum Gasteiger partial charge on any atom is -0.248 e. The van der Waals surface area contributed by atoms with Gasteiger partial charge in [-0.2, -0.15) is 8.42 Å². The van der Waals surface area contributed by atoms with Crippen molar-refractivity contribution in [2.24, 2.45) is 0 Å². The zero-order valence-electron chi connectivity index (χ0n) is 9.86. The molecule has 0 aliphatic carbocycles. The average Bonchev–Trinajstić information content (AvgIpc) is 2.08. The minimum absolute atomic E-state index is 0.221. The van der Waals surface area contributed by atoms with Crippen molar-refractivity contribution in [1.82, 2.24) is 0 Å². The molecule has 0 amide bonds. The van der Waals surface area contributed by atoms with Crippen molar-refractivity contribution >= 4 is 10.4 Å². The monoisotopic (exact) mass is 238 g/mol. The third kappa shape index (κ3) is 10.2. The molecule has 15 heavy (non-hydrogen) atoms. The molecule has 0 rings (SSSR count). The van der Waals surface area contributed by atoms with E-state index in [1.165, 1.54) is 12.8 Å². The predicted molar refractivity (Wildman–Crippen MR) is 59.9 cm³/mol. The van der Waals surface area contributed by atoms with E-state index in [1.54, 1.807) is 13.8 Å². The van der Waals surface area contributed by atoms with E-state index in [0.29, 0.717) is 0 Å². The maximum Gasteiger partial charge on any atom is 0.400 e. The van der Waals surface area contributed by atoms with Crippen LogP contribution in [0.1, 0.15) is 52.9 Å². The van der Waals surface area contributed by atoms with Crippen LogP contribution in [0.2, 0.25) is 0 Å². The largest absolute Gasteiger partial charge is 0.400 e. The Morgan fingerprint density at radius 1 is 1.07 bits per heavy atom. The molecule has 0 bridgehead atoms. The second kappa shape index (κ2) is 8.07. The number of hydrogen-bond donors (Lipinski definition) is 0. The molecule has 92 valence electrons. The van der Waals surface area contributed by atoms with E-state index < -0.39 is 10.4 Å². The summed E-state index contributed by atoms with van der Waals surface area (Å²) in [7, 11) is -3.77. The summed E-state index contributed by atoms with van der Waals surface area (Å²) in [6, 6.07) is 0. The maximum atomic E-state index is 11.1. The van der Waals surface area contributed by atoms with Crippen molar-refractivity contribution in [2.75, 3.05) is 6.61 Å². The summed E-state index contributed by atoms with van der Waals surface area (Å²) in [5, 5.41) is 0. The Hall–Kier alpha value is -0.130. The minimum atomic E-state index is -3.77. The van der Waals surface area contributed by atoms with Gasteiger partial charge < -0.3 is 0 Å². The first-order valence-corrected chi connectivity index (χ1v) is 6.89. The molecule has 0 saturated heterocycles. The van der Waals surface area contributed by atoms with Crippen LogP contribution in [0.15, 0.2) is 0 Å². The highest BCUT2D eigenvalue weighted by atomic mass is 32.3. The lowest BCUT2D eigenvalue weighted by molar-refractivity contribution is 0.176. The van der Waals surface area contributed by atoms with E-state index in [1.807, 2.05) is 0 Å². The third-order valence-electron chi connectivity index (χ3n) is 1.79. The van der Waals surface area contributed by atoms with Gasteiger partial charge in [0.25, 0.3) is 0 Å². The van der Waals surface area contributed by atoms with Crippen LogP contribution in [0.3, 0.4) is 0 Å². The van der Waals surface area contributed by atoms with Crippen molar-refractivity contribution in [3.63, 3.8) is 0 Å². The summed E-state index contributed by atoms with van der Waals surface area (Å²) in [4.78, 5) is 0. The summed E-state index contributed by atoms with van der Waals surface area (Å²) in [6.45, 7) is 5.67. The Morgan fingerprint density at radius 3 is 2.20 bits per heavy atom. The molecule has 0 atom stereocenters. The van der Waals surface area contributed by atoms with E-state index in [-0.39, 0.29) is 12.7 Å². The van der Waals surface area contributed by atoms with E-state index in [0.717, 1.165) is 19.3 Å². The van der Waals surface area contributed by atoms with Gasteiger partial charge >= 0.3 is 10.4 Å². The van der Waals surface area contributed by atoms with Gasteiger partial charge in [0.15, 0.2) is 0 Å². The summed E-state index contributed by atoms with van der Waals surface area (Å²) in [5.74, 6) is 0. The highest BCUT2D eigenvalue weighted by Gasteiger charge is 2.13. The molecule has 0 saturated carbocycles. The third-order valence-corrected chi connectivity index (χ3v) is 2.86. The number of rotatable bonds is 9. The van der Waals surface area contributed by atoms with E-state index in [9.17, 15) is 8.42 Å². The molecule has 0 heterocycles. The topological polar surface area (TPSA) is 52.6 Å². The Kier molecular flexibility index (Phi) is 8.00. The molecule has 0 aliphatic rings. The second-order valence-corrected chi connectivity index (χ2v) is 5.03. The molecule has 5 heteroatoms. The first-order chi connectivity index (χ1) is 6.98. The molecule has 0 radical (unpaired) electrons. The Balaban J connectivity index is 3.50. The van der Waals surface area contributed by atoms with Gasteiger partial charge in [-0.05, 0) is 20.3 Å². The van der Waals surface area contributed by atoms with E-state index in [2.05, 4.69) is 15.3 Å². The lowest BCUT2D eigenvalue weighted by Gasteiger charge is -2.07. The van der Waals surface area contributed by atoms with Crippen LogP contribution in [0.4, 0.5) is 0 Å². The molecule has 4 nitrogen and oxygen atoms in total. The molecule has 0 aromatic carbocycles. The van der Waals surface area contributed by atoms with Gasteiger partial charge in [0.2, 0.25) is 0 Å². The predicted octanol–water partition coefficient (Wildman–Crippen LogP) is 2.64. The first kappa shape index (κ1) is 14.9. The molecule has 0 aromatic rings. The summed E-state index contributed by atoms with van der Waals surface area (Å²) < 4.78 is 31.5. The fourth-order valence-electron chi connectivity index (χ4n) is 1.13. The number of hydrogen-bond acceptors (Lipinski definition) is 4. The maximum absolute atomic E-state index is 11.1. The summed E-state index contributed by atoms with van der Waals surface area (Å²) >= 11 is 0. The summed E-state index contributed by atoms with van der Waals surface area (Å²) in [5.41, 5.74) is 0. The van der Waals surface area contributed by atoms with Crippen LogP contribution in [-0.2, 0) is 18.8 Å². The molecule has 0 unspecified atom stereocenters. The van der Waals surface area contributed by atoms with Gasteiger partial charge in [0.1, 0.15) is 0 Å². The molecule has 0 fully saturated rings. The van der Waals surface area contributed by atoms with Crippen LogP contribution >= 0.6 is 0 Å². The second-order valence-electron chi connectivity index (χ2n) is 3.79. The van der Waals surface area contributed by atoms with E-state index in [4.69, 9.17) is 0 Å². The molecule has 0 aliphatic heterocycles. The SMILES string of the molecule is CCCCCCCOS(=O)(=O)OC(C)C. The van der Waals surface area contributed by atoms with Crippen molar-refractivity contribution < 1.29 is 16.8 Å². The van der Waals surface area contributed by atoms with Gasteiger partial charge in [-0.15, -0.1) is 0 Å². The van der Waals surface area contributed by atoms with Crippen molar-refractivity contribution in [3.8, 4) is 0 Å². The average molecular weight is 238 g/mol. The zero-order chi connectivity index (χ0) is 11.7. The lowest BCUT2D eigenvalue weighted by atomic mass is 10.2. The normalized spacial score (nSPS) is 12.3. The molecular formula is C10H22O4S. The Bertz CT molecular complexity index is 234. The molecule has 0 aromatic heterocycles. The van der Waals surface area contributed by atoms with Crippen molar-refractivity contribution in [3.05, 3.63) is 0 Å². The van der Waals surface area contributed by atoms with Crippen molar-refractivity contribution in [1.29, 1.82) is 0 Å². The van der Waals surface area contributed by atoms with Crippen LogP contribution < -0.4 is 0 Å². The van der Waals surface area contributed by atoms with Crippen LogP contribution in [0.5, 0.6) is 0 Å². The quantitative estimate of drug-likeness (QED) is 0.579. The fraction of sp³-hybridized carbons (Fsp3) is 1.00. The van der Waals surface area contributed by atoms with E-state index >= 15 is 0 Å². The highest BCUT2D eigenvalue weighted by molar-refractivity contribution is 7.81. The van der Waals surface area contributed by atoms with Gasteiger partial charge in [0, 0.05) is 0 Å². The smallest absolute Gasteiger partial charge is 0.248 e. The number of unbranched alkanes of at least 4 members (excludes halogenated alkanes) is 4. The van der Waals surface area contributed by atoms with Crippen LogP contribution in [0, 0.1) is 0 Å². The molecule has 0 spiro atoms. The highest BCUT2D eigenvalue weighted by Crippen LogP contribution is 2.06. The zero-order valence-corrected chi connectivity index (χ0v) is 10.7. The standard InChI is InChI=1S/C10H22O4S/c1-4-5-6-7-8-9-13-15(11,12)14-10(2)3/h10H,4-9H2,1-3H3. The lowest BCUT2D eigenvalue weighted by Crippen LogP contribution is -2.15. The Morgan fingerprint density at radius 2 is 1.67 bits per heavy atom. The van der Waals surface area contributed by atoms with Gasteiger partial charge in [-0.1, -0.05) is 32.6 Å². The fourth-order valence-corrected chi connectivity index (χ4v) is 1.98.